The predicted molar refractivity (Wildman–Crippen MR) is 127 cm³/mol. The van der Waals surface area contributed by atoms with Gasteiger partial charge in [-0.15, -0.1) is 0 Å². The summed E-state index contributed by atoms with van der Waals surface area (Å²) in [5.41, 5.74) is 6.70. The fraction of sp³-hybridized carbons (Fsp3) is 0.154. The topological polar surface area (TPSA) is 81.9 Å². The fourth-order valence-electron chi connectivity index (χ4n) is 3.38. The summed E-state index contributed by atoms with van der Waals surface area (Å²) >= 11 is 0. The molecule has 0 aliphatic rings. The number of carbonyl (C=O) groups excluding carboxylic acids is 1. The zero-order valence-electron chi connectivity index (χ0n) is 18.7. The van der Waals surface area contributed by atoms with E-state index in [1.165, 1.54) is 17.6 Å². The van der Waals surface area contributed by atoms with Gasteiger partial charge in [0.05, 0.1) is 12.5 Å². The van der Waals surface area contributed by atoms with Crippen molar-refractivity contribution >= 4 is 18.2 Å². The molecule has 1 N–H and O–H groups in total. The van der Waals surface area contributed by atoms with Gasteiger partial charge in [0.2, 0.25) is 0 Å². The van der Waals surface area contributed by atoms with Crippen LogP contribution in [-0.4, -0.2) is 16.7 Å². The van der Waals surface area contributed by atoms with Crippen LogP contribution in [0.2, 0.25) is 0 Å². The second-order valence-corrected chi connectivity index (χ2v) is 7.60. The number of aromatic nitrogens is 1. The van der Waals surface area contributed by atoms with Crippen LogP contribution in [0.5, 0.6) is 5.75 Å². The maximum absolute atomic E-state index is 12.2. The van der Waals surface area contributed by atoms with E-state index in [0.717, 1.165) is 11.3 Å². The van der Waals surface area contributed by atoms with Gasteiger partial charge in [-0.05, 0) is 93.1 Å². The molecule has 4 aromatic rings. The van der Waals surface area contributed by atoms with E-state index < -0.39 is 5.91 Å². The van der Waals surface area contributed by atoms with Crippen molar-refractivity contribution in [3.05, 3.63) is 101 Å². The first kappa shape index (κ1) is 22.0. The molecule has 0 spiro atoms. The molecule has 0 aliphatic heterocycles. The number of nitrogens with zero attached hydrogens (tertiary/aromatic N) is 2. The van der Waals surface area contributed by atoms with Crippen molar-refractivity contribution in [2.45, 2.75) is 27.4 Å². The molecule has 0 saturated heterocycles. The Hall–Kier alpha value is -4.26. The van der Waals surface area contributed by atoms with Crippen LogP contribution in [0.3, 0.4) is 0 Å². The zero-order valence-corrected chi connectivity index (χ0v) is 18.7. The Balaban J connectivity index is 1.29. The van der Waals surface area contributed by atoms with Crippen LogP contribution >= 0.6 is 0 Å². The molecule has 7 heteroatoms. The molecule has 3 heterocycles. The number of nitrogens with one attached hydrogen (secondary N) is 1. The molecule has 0 saturated carbocycles. The highest BCUT2D eigenvalue weighted by Crippen LogP contribution is 2.21. The second-order valence-electron chi connectivity index (χ2n) is 7.60. The number of allylic oxidation sites excluding steroid dienone is 1. The van der Waals surface area contributed by atoms with Crippen molar-refractivity contribution < 1.29 is 18.4 Å². The molecule has 0 atom stereocenters. The molecular formula is C26H25N3O4. The van der Waals surface area contributed by atoms with Crippen molar-refractivity contribution in [1.82, 2.24) is 9.99 Å². The smallest absolute Gasteiger partial charge is 0.307 e. The number of hydrogen-bond donors (Lipinski definition) is 1. The van der Waals surface area contributed by atoms with Crippen LogP contribution in [0, 0.1) is 13.8 Å². The number of carbonyl (C=O) groups is 1. The van der Waals surface area contributed by atoms with Gasteiger partial charge in [-0.2, -0.15) is 5.10 Å². The minimum atomic E-state index is -0.440. The second kappa shape index (κ2) is 9.91. The van der Waals surface area contributed by atoms with E-state index in [9.17, 15) is 4.79 Å². The lowest BCUT2D eigenvalue weighted by Crippen LogP contribution is -2.16. The molecule has 1 amide bonds. The van der Waals surface area contributed by atoms with Crippen molar-refractivity contribution in [1.29, 1.82) is 0 Å². The van der Waals surface area contributed by atoms with Gasteiger partial charge in [0, 0.05) is 17.1 Å². The molecular weight excluding hydrogens is 418 g/mol. The first-order valence-electron chi connectivity index (χ1n) is 10.5. The Labute approximate surface area is 192 Å². The minimum absolute atomic E-state index is 0.160. The van der Waals surface area contributed by atoms with E-state index in [-0.39, 0.29) is 12.4 Å². The van der Waals surface area contributed by atoms with Crippen LogP contribution in [-0.2, 0) is 6.61 Å². The molecule has 33 heavy (non-hydrogen) atoms. The van der Waals surface area contributed by atoms with Gasteiger partial charge in [0.1, 0.15) is 23.9 Å². The molecule has 0 aliphatic carbocycles. The summed E-state index contributed by atoms with van der Waals surface area (Å²) in [6.45, 7) is 6.22. The lowest BCUT2D eigenvalue weighted by atomic mass is 10.3. The Morgan fingerprint density at radius 2 is 1.82 bits per heavy atom. The van der Waals surface area contributed by atoms with Gasteiger partial charge in [0.15, 0.2) is 5.76 Å². The normalized spacial score (nSPS) is 11.8. The summed E-state index contributed by atoms with van der Waals surface area (Å²) in [6.07, 6.45) is 4.94. The number of hydrazone groups is 1. The third-order valence-corrected chi connectivity index (χ3v) is 4.98. The third-order valence-electron chi connectivity index (χ3n) is 4.98. The molecule has 4 rings (SSSR count). The summed E-state index contributed by atoms with van der Waals surface area (Å²) in [4.78, 5) is 12.2. The highest BCUT2D eigenvalue weighted by atomic mass is 16.5. The quantitative estimate of drug-likeness (QED) is 0.281. The number of hydrogen-bond acceptors (Lipinski definition) is 5. The van der Waals surface area contributed by atoms with E-state index in [2.05, 4.69) is 41.1 Å². The third kappa shape index (κ3) is 5.51. The molecule has 0 radical (unpaired) electrons. The monoisotopic (exact) mass is 443 g/mol. The number of benzene rings is 1. The average Bonchev–Trinajstić information content (AvgIpc) is 3.55. The van der Waals surface area contributed by atoms with E-state index in [4.69, 9.17) is 13.6 Å². The summed E-state index contributed by atoms with van der Waals surface area (Å²) in [5.74, 6) is 1.69. The van der Waals surface area contributed by atoms with Crippen molar-refractivity contribution in [3.8, 4) is 11.4 Å². The summed E-state index contributed by atoms with van der Waals surface area (Å²) in [6, 6.07) is 19.0. The highest BCUT2D eigenvalue weighted by molar-refractivity contribution is 5.92. The molecule has 0 unspecified atom stereocenters. The first-order chi connectivity index (χ1) is 16.0. The maximum Gasteiger partial charge on any atom is 0.307 e. The van der Waals surface area contributed by atoms with Crippen LogP contribution in [0.25, 0.3) is 11.8 Å². The van der Waals surface area contributed by atoms with E-state index >= 15 is 0 Å². The first-order valence-corrected chi connectivity index (χ1v) is 10.5. The predicted octanol–water partition coefficient (Wildman–Crippen LogP) is 5.68. The molecule has 1 aromatic carbocycles. The van der Waals surface area contributed by atoms with Gasteiger partial charge in [-0.3, -0.25) is 4.79 Å². The number of amides is 1. The lowest BCUT2D eigenvalue weighted by Gasteiger charge is -2.10. The van der Waals surface area contributed by atoms with E-state index in [0.29, 0.717) is 17.3 Å². The summed E-state index contributed by atoms with van der Waals surface area (Å²) in [5, 5.41) is 3.94. The van der Waals surface area contributed by atoms with Crippen molar-refractivity contribution in [3.63, 3.8) is 0 Å². The van der Waals surface area contributed by atoms with Gasteiger partial charge in [-0.1, -0.05) is 0 Å². The standard InChI is InChI=1S/C26H25N3O4/c1-18(15-23-5-4-14-31-23)16-27-28-26(30)25-13-12-24(33-25)17-32-22-10-8-21(9-11-22)29-19(2)6-7-20(29)3/h4-16H,17H2,1-3H3,(H,28,30). The van der Waals surface area contributed by atoms with Crippen LogP contribution in [0.15, 0.2) is 86.4 Å². The Morgan fingerprint density at radius 3 is 2.52 bits per heavy atom. The van der Waals surface area contributed by atoms with Crippen molar-refractivity contribution in [2.75, 3.05) is 0 Å². The molecule has 0 bridgehead atoms. The van der Waals surface area contributed by atoms with Crippen LogP contribution < -0.4 is 10.2 Å². The number of ether oxygens (including phenoxy) is 1. The van der Waals surface area contributed by atoms with Gasteiger partial charge < -0.3 is 18.1 Å². The number of furan rings is 2. The van der Waals surface area contributed by atoms with Crippen molar-refractivity contribution in [2.24, 2.45) is 5.10 Å². The minimum Gasteiger partial charge on any atom is -0.486 e. The summed E-state index contributed by atoms with van der Waals surface area (Å²) in [7, 11) is 0. The lowest BCUT2D eigenvalue weighted by molar-refractivity contribution is 0.0923. The highest BCUT2D eigenvalue weighted by Gasteiger charge is 2.11. The maximum atomic E-state index is 12.2. The summed E-state index contributed by atoms with van der Waals surface area (Å²) < 4.78 is 18.8. The Bertz CT molecular complexity index is 1260. The molecule has 3 aromatic heterocycles. The van der Waals surface area contributed by atoms with Gasteiger partial charge >= 0.3 is 5.91 Å². The molecule has 0 fully saturated rings. The molecule has 7 nitrogen and oxygen atoms in total. The van der Waals surface area contributed by atoms with Crippen LogP contribution in [0.1, 0.15) is 40.4 Å². The average molecular weight is 444 g/mol. The van der Waals surface area contributed by atoms with Gasteiger partial charge in [0.25, 0.3) is 0 Å². The largest absolute Gasteiger partial charge is 0.486 e. The Morgan fingerprint density at radius 1 is 1.06 bits per heavy atom. The van der Waals surface area contributed by atoms with E-state index in [1.54, 1.807) is 24.5 Å². The number of rotatable bonds is 8. The van der Waals surface area contributed by atoms with Gasteiger partial charge in [-0.25, -0.2) is 5.43 Å². The van der Waals surface area contributed by atoms with Crippen LogP contribution in [0.4, 0.5) is 0 Å². The zero-order chi connectivity index (χ0) is 23.2. The number of aryl methyl sites for hydroxylation is 2. The van der Waals surface area contributed by atoms with E-state index in [1.807, 2.05) is 43.3 Å². The Kier molecular flexibility index (Phi) is 6.59. The molecule has 168 valence electrons. The fourth-order valence-corrected chi connectivity index (χ4v) is 3.38. The SMILES string of the molecule is CC(C=NNC(=O)c1ccc(COc2ccc(-n3c(C)ccc3C)cc2)o1)=Cc1ccco1.